The third kappa shape index (κ3) is 5.37. The van der Waals surface area contributed by atoms with Gasteiger partial charge in [0.1, 0.15) is 0 Å². The molecule has 0 aliphatic heterocycles. The van der Waals surface area contributed by atoms with Crippen LogP contribution in [0.25, 0.3) is 16.7 Å². The summed E-state index contributed by atoms with van der Waals surface area (Å²) in [6.07, 6.45) is 5.84. The zero-order chi connectivity index (χ0) is 18.7. The van der Waals surface area contributed by atoms with E-state index in [1.807, 2.05) is 4.72 Å². The van der Waals surface area contributed by atoms with Gasteiger partial charge in [-0.05, 0) is 31.0 Å². The minimum atomic E-state index is -4.23. The van der Waals surface area contributed by atoms with E-state index in [1.54, 1.807) is 41.5 Å². The molecule has 0 unspecified atom stereocenters. The van der Waals surface area contributed by atoms with Gasteiger partial charge >= 0.3 is 21.4 Å². The van der Waals surface area contributed by atoms with Crippen LogP contribution < -0.4 is 15.8 Å². The van der Waals surface area contributed by atoms with Crippen LogP contribution >= 0.6 is 0 Å². The summed E-state index contributed by atoms with van der Waals surface area (Å²) in [6, 6.07) is 5.28. The average molecular weight is 402 g/mol. The Kier molecular flexibility index (Phi) is 7.14. The molecule has 0 aliphatic rings. The van der Waals surface area contributed by atoms with Gasteiger partial charge in [0.25, 0.3) is 0 Å². The number of rotatable bonds is 7. The number of H-pyrrole nitrogens is 1. The fraction of sp³-hybridized carbons (Fsp3) is 0.267. The van der Waals surface area contributed by atoms with Crippen LogP contribution in [0.4, 0.5) is 0 Å². The van der Waals surface area contributed by atoms with Crippen LogP contribution in [0.2, 0.25) is 0 Å². The van der Waals surface area contributed by atoms with Crippen molar-refractivity contribution in [3.05, 3.63) is 57.6 Å². The molecule has 0 saturated carbocycles. The number of aromatic nitrogens is 4. The molecule has 1 radical (unpaired) electrons. The Balaban J connectivity index is 0.00000261. The first-order valence-electron chi connectivity index (χ1n) is 7.82. The van der Waals surface area contributed by atoms with Gasteiger partial charge in [-0.1, -0.05) is 0 Å². The van der Waals surface area contributed by atoms with E-state index in [9.17, 15) is 18.0 Å². The van der Waals surface area contributed by atoms with Crippen LogP contribution in [-0.4, -0.2) is 68.2 Å². The largest absolute Gasteiger partial charge is 0.333 e. The molecule has 0 aliphatic carbocycles. The second-order valence-electron chi connectivity index (χ2n) is 5.66. The van der Waals surface area contributed by atoms with Gasteiger partial charge in [0, 0.05) is 60.7 Å². The summed E-state index contributed by atoms with van der Waals surface area (Å²) in [5.74, 6) is 0. The SMILES string of the molecule is O=c1[nH]c2ccc(-n3ccnc3)cc2n(CCCCNS(=O)(=O)O)c1=O.[Na]. The van der Waals surface area contributed by atoms with Gasteiger partial charge in [0.2, 0.25) is 0 Å². The summed E-state index contributed by atoms with van der Waals surface area (Å²) >= 11 is 0. The van der Waals surface area contributed by atoms with E-state index in [0.29, 0.717) is 23.9 Å². The summed E-state index contributed by atoms with van der Waals surface area (Å²) in [7, 11) is -4.23. The molecule has 2 aromatic heterocycles. The quantitative estimate of drug-likeness (QED) is 0.214. The van der Waals surface area contributed by atoms with Gasteiger partial charge in [-0.3, -0.25) is 14.1 Å². The van der Waals surface area contributed by atoms with Crippen molar-refractivity contribution in [2.75, 3.05) is 6.54 Å². The van der Waals surface area contributed by atoms with Gasteiger partial charge in [-0.15, -0.1) is 0 Å². The predicted molar refractivity (Wildman–Crippen MR) is 100 cm³/mol. The third-order valence-electron chi connectivity index (χ3n) is 3.86. The number of aromatic amines is 1. The fourth-order valence-electron chi connectivity index (χ4n) is 2.65. The topological polar surface area (TPSA) is 139 Å². The fourth-order valence-corrected chi connectivity index (χ4v) is 3.05. The zero-order valence-corrected chi connectivity index (χ0v) is 17.4. The van der Waals surface area contributed by atoms with Gasteiger partial charge in [0.15, 0.2) is 0 Å². The van der Waals surface area contributed by atoms with E-state index in [2.05, 4.69) is 9.97 Å². The van der Waals surface area contributed by atoms with Crippen LogP contribution in [0.15, 0.2) is 46.5 Å². The molecule has 0 bridgehead atoms. The molecule has 27 heavy (non-hydrogen) atoms. The van der Waals surface area contributed by atoms with Gasteiger partial charge in [-0.2, -0.15) is 13.1 Å². The molecule has 3 rings (SSSR count). The number of aryl methyl sites for hydroxylation is 1. The number of nitrogens with zero attached hydrogens (tertiary/aromatic N) is 3. The van der Waals surface area contributed by atoms with Crippen LogP contribution in [0.5, 0.6) is 0 Å². The van der Waals surface area contributed by atoms with Crippen LogP contribution in [0.3, 0.4) is 0 Å². The number of fused-ring (bicyclic) bond motifs is 1. The van der Waals surface area contributed by atoms with Crippen molar-refractivity contribution in [3.63, 3.8) is 0 Å². The molecule has 0 amide bonds. The monoisotopic (exact) mass is 402 g/mol. The van der Waals surface area contributed by atoms with Crippen LogP contribution in [0, 0.1) is 0 Å². The summed E-state index contributed by atoms with van der Waals surface area (Å²) in [5.41, 5.74) is 0.466. The Hall–Kier alpha value is -1.76. The Bertz CT molecular complexity index is 1140. The minimum absolute atomic E-state index is 0. The first kappa shape index (κ1) is 21.5. The Morgan fingerprint density at radius 1 is 1.22 bits per heavy atom. The normalized spacial score (nSPS) is 11.4. The number of hydrogen-bond acceptors (Lipinski definition) is 5. The number of nitrogens with one attached hydrogen (secondary N) is 2. The number of unbranched alkanes of at least 4 members (excludes halogenated alkanes) is 1. The summed E-state index contributed by atoms with van der Waals surface area (Å²) < 4.78 is 35.0. The van der Waals surface area contributed by atoms with Crippen molar-refractivity contribution < 1.29 is 13.0 Å². The predicted octanol–water partition coefficient (Wildman–Crippen LogP) is -0.333. The van der Waals surface area contributed by atoms with Crippen molar-refractivity contribution in [1.29, 1.82) is 0 Å². The molecule has 10 nitrogen and oxygen atoms in total. The molecular weight excluding hydrogens is 385 g/mol. The van der Waals surface area contributed by atoms with E-state index in [4.69, 9.17) is 4.55 Å². The molecule has 0 spiro atoms. The van der Waals surface area contributed by atoms with Crippen molar-refractivity contribution in [2.24, 2.45) is 0 Å². The first-order chi connectivity index (χ1) is 12.3. The molecule has 2 heterocycles. The van der Waals surface area contributed by atoms with Crippen molar-refractivity contribution in [3.8, 4) is 5.69 Å². The molecule has 0 atom stereocenters. The minimum Gasteiger partial charge on any atom is -0.316 e. The first-order valence-corrected chi connectivity index (χ1v) is 9.26. The number of benzene rings is 1. The summed E-state index contributed by atoms with van der Waals surface area (Å²) in [4.78, 5) is 30.6. The van der Waals surface area contributed by atoms with Crippen molar-refractivity contribution in [2.45, 2.75) is 19.4 Å². The molecule has 3 aromatic rings. The average Bonchev–Trinajstić information content (AvgIpc) is 3.11. The van der Waals surface area contributed by atoms with E-state index in [0.717, 1.165) is 5.69 Å². The van der Waals surface area contributed by atoms with E-state index in [-0.39, 0.29) is 42.6 Å². The molecule has 0 saturated heterocycles. The molecule has 3 N–H and O–H groups in total. The van der Waals surface area contributed by atoms with Crippen LogP contribution in [-0.2, 0) is 16.8 Å². The molecule has 0 fully saturated rings. The van der Waals surface area contributed by atoms with E-state index >= 15 is 0 Å². The second kappa shape index (κ2) is 8.95. The molecule has 1 aromatic carbocycles. The second-order valence-corrected chi connectivity index (χ2v) is 6.90. The summed E-state index contributed by atoms with van der Waals surface area (Å²) in [6.45, 7) is 0.273. The summed E-state index contributed by atoms with van der Waals surface area (Å²) in [5, 5.41) is 0. The standard InChI is InChI=1S/C15H17N5O5S.Na/c21-14-15(22)20(7-2-1-5-17-26(23,24)25)13-9-11(3-4-12(13)18-14)19-8-6-16-10-19;/h3-4,6,8-10,17H,1-2,5,7H2,(H,18,21)(H,23,24,25);. The number of imidazole rings is 1. The molecular formula is C15H17N5NaO5S. The van der Waals surface area contributed by atoms with Gasteiger partial charge < -0.3 is 14.1 Å². The van der Waals surface area contributed by atoms with Gasteiger partial charge in [0.05, 0.1) is 17.4 Å². The smallest absolute Gasteiger partial charge is 0.316 e. The van der Waals surface area contributed by atoms with E-state index in [1.165, 1.54) is 4.57 Å². The Morgan fingerprint density at radius 3 is 2.67 bits per heavy atom. The zero-order valence-electron chi connectivity index (χ0n) is 14.6. The molecule has 12 heteroatoms. The third-order valence-corrected chi connectivity index (χ3v) is 4.42. The van der Waals surface area contributed by atoms with Gasteiger partial charge in [-0.25, -0.2) is 4.98 Å². The maximum absolute atomic E-state index is 12.3. The molecule has 139 valence electrons. The van der Waals surface area contributed by atoms with Crippen molar-refractivity contribution in [1.82, 2.24) is 23.8 Å². The maximum Gasteiger partial charge on any atom is 0.333 e. The Labute approximate surface area is 176 Å². The van der Waals surface area contributed by atoms with Crippen LogP contribution in [0.1, 0.15) is 12.8 Å². The maximum atomic E-state index is 12.3. The Morgan fingerprint density at radius 2 is 2.00 bits per heavy atom. The number of hydrogen-bond donors (Lipinski definition) is 3. The van der Waals surface area contributed by atoms with E-state index < -0.39 is 21.4 Å². The van der Waals surface area contributed by atoms with Crippen molar-refractivity contribution >= 4 is 50.9 Å².